The molecule has 0 aliphatic carbocycles. The molecule has 106 valence electrons. The van der Waals surface area contributed by atoms with Crippen LogP contribution in [0.2, 0.25) is 0 Å². The number of methoxy groups -OCH3 is 1. The van der Waals surface area contributed by atoms with Gasteiger partial charge < -0.3 is 15.0 Å². The quantitative estimate of drug-likeness (QED) is 0.855. The van der Waals surface area contributed by atoms with Gasteiger partial charge in [0.2, 0.25) is 0 Å². The van der Waals surface area contributed by atoms with Gasteiger partial charge >= 0.3 is 0 Å². The van der Waals surface area contributed by atoms with Crippen LogP contribution < -0.4 is 10.2 Å². The first kappa shape index (κ1) is 14.3. The SMILES string of the molecule is CCCNC(C)c1ccc(N2CCC(OC)C2)nc1. The summed E-state index contributed by atoms with van der Waals surface area (Å²) in [6, 6.07) is 4.67. The Morgan fingerprint density at radius 3 is 2.95 bits per heavy atom. The second-order valence-electron chi connectivity index (χ2n) is 5.22. The van der Waals surface area contributed by atoms with Crippen LogP contribution in [0.25, 0.3) is 0 Å². The molecule has 0 aromatic carbocycles. The lowest BCUT2D eigenvalue weighted by Crippen LogP contribution is -2.23. The molecule has 0 saturated carbocycles. The van der Waals surface area contributed by atoms with E-state index in [1.54, 1.807) is 7.11 Å². The van der Waals surface area contributed by atoms with Crippen molar-refractivity contribution in [2.45, 2.75) is 38.8 Å². The first-order valence-electron chi connectivity index (χ1n) is 7.21. The maximum atomic E-state index is 5.39. The number of hydrogen-bond donors (Lipinski definition) is 1. The lowest BCUT2D eigenvalue weighted by atomic mass is 10.1. The summed E-state index contributed by atoms with van der Waals surface area (Å²) in [4.78, 5) is 6.88. The zero-order valence-corrected chi connectivity index (χ0v) is 12.2. The highest BCUT2D eigenvalue weighted by atomic mass is 16.5. The molecular weight excluding hydrogens is 238 g/mol. The average molecular weight is 263 g/mol. The highest BCUT2D eigenvalue weighted by Gasteiger charge is 2.22. The largest absolute Gasteiger partial charge is 0.380 e. The van der Waals surface area contributed by atoms with Crippen LogP contribution in [-0.4, -0.2) is 37.8 Å². The van der Waals surface area contributed by atoms with E-state index >= 15 is 0 Å². The summed E-state index contributed by atoms with van der Waals surface area (Å²) in [6.07, 6.45) is 4.59. The summed E-state index contributed by atoms with van der Waals surface area (Å²) in [5.74, 6) is 1.06. The maximum absolute atomic E-state index is 5.39. The van der Waals surface area contributed by atoms with Crippen molar-refractivity contribution in [1.82, 2.24) is 10.3 Å². The Morgan fingerprint density at radius 2 is 2.37 bits per heavy atom. The van der Waals surface area contributed by atoms with Crippen LogP contribution in [-0.2, 0) is 4.74 Å². The topological polar surface area (TPSA) is 37.4 Å². The molecule has 2 rings (SSSR count). The Kier molecular flexibility index (Phi) is 5.16. The van der Waals surface area contributed by atoms with Crippen molar-refractivity contribution >= 4 is 5.82 Å². The van der Waals surface area contributed by atoms with Crippen molar-refractivity contribution in [3.05, 3.63) is 23.9 Å². The molecule has 2 atom stereocenters. The molecule has 1 aromatic heterocycles. The van der Waals surface area contributed by atoms with Crippen molar-refractivity contribution in [3.63, 3.8) is 0 Å². The minimum absolute atomic E-state index is 0.353. The van der Waals surface area contributed by atoms with Crippen LogP contribution >= 0.6 is 0 Å². The number of nitrogens with one attached hydrogen (secondary N) is 1. The highest BCUT2D eigenvalue weighted by Crippen LogP contribution is 2.21. The molecule has 1 N–H and O–H groups in total. The Balaban J connectivity index is 1.95. The predicted octanol–water partition coefficient (Wildman–Crippen LogP) is 2.37. The van der Waals surface area contributed by atoms with Crippen molar-refractivity contribution in [3.8, 4) is 0 Å². The molecule has 1 saturated heterocycles. The first-order valence-corrected chi connectivity index (χ1v) is 7.21. The molecule has 4 nitrogen and oxygen atoms in total. The van der Waals surface area contributed by atoms with Gasteiger partial charge in [-0.1, -0.05) is 13.0 Å². The summed E-state index contributed by atoms with van der Waals surface area (Å²) in [5.41, 5.74) is 1.25. The van der Waals surface area contributed by atoms with Gasteiger partial charge in [-0.15, -0.1) is 0 Å². The molecule has 4 heteroatoms. The van der Waals surface area contributed by atoms with Crippen LogP contribution in [0.3, 0.4) is 0 Å². The van der Waals surface area contributed by atoms with Gasteiger partial charge in [-0.2, -0.15) is 0 Å². The zero-order chi connectivity index (χ0) is 13.7. The molecule has 2 unspecified atom stereocenters. The minimum Gasteiger partial charge on any atom is -0.380 e. The van der Waals surface area contributed by atoms with Gasteiger partial charge in [0.05, 0.1) is 6.10 Å². The number of ether oxygens (including phenoxy) is 1. The predicted molar refractivity (Wildman–Crippen MR) is 78.6 cm³/mol. The standard InChI is InChI=1S/C15H25N3O/c1-4-8-16-12(2)13-5-6-15(17-10-13)18-9-7-14(11-18)19-3/h5-6,10,12,14,16H,4,7-9,11H2,1-3H3. The molecule has 2 heterocycles. The monoisotopic (exact) mass is 263 g/mol. The Labute approximate surface area is 116 Å². The Bertz CT molecular complexity index is 379. The van der Waals surface area contributed by atoms with Gasteiger partial charge in [-0.3, -0.25) is 0 Å². The molecule has 0 spiro atoms. The third-order valence-corrected chi connectivity index (χ3v) is 3.77. The smallest absolute Gasteiger partial charge is 0.128 e. The third-order valence-electron chi connectivity index (χ3n) is 3.77. The first-order chi connectivity index (χ1) is 9.24. The fourth-order valence-electron chi connectivity index (χ4n) is 2.45. The van der Waals surface area contributed by atoms with E-state index in [9.17, 15) is 0 Å². The molecule has 0 radical (unpaired) electrons. The highest BCUT2D eigenvalue weighted by molar-refractivity contribution is 5.41. The van der Waals surface area contributed by atoms with Crippen LogP contribution in [0.5, 0.6) is 0 Å². The Morgan fingerprint density at radius 1 is 1.53 bits per heavy atom. The molecule has 1 aliphatic rings. The number of anilines is 1. The molecule has 0 amide bonds. The van der Waals surface area contributed by atoms with Gasteiger partial charge in [-0.25, -0.2) is 4.98 Å². The summed E-state index contributed by atoms with van der Waals surface area (Å²) >= 11 is 0. The van der Waals surface area contributed by atoms with E-state index in [2.05, 4.69) is 41.2 Å². The lowest BCUT2D eigenvalue weighted by molar-refractivity contribution is 0.121. The number of nitrogens with zero attached hydrogens (tertiary/aromatic N) is 2. The van der Waals surface area contributed by atoms with E-state index in [0.717, 1.165) is 38.3 Å². The van der Waals surface area contributed by atoms with Crippen molar-refractivity contribution in [2.24, 2.45) is 0 Å². The molecule has 19 heavy (non-hydrogen) atoms. The fourth-order valence-corrected chi connectivity index (χ4v) is 2.45. The average Bonchev–Trinajstić information content (AvgIpc) is 2.94. The van der Waals surface area contributed by atoms with E-state index in [4.69, 9.17) is 4.74 Å². The van der Waals surface area contributed by atoms with Gasteiger partial charge in [0, 0.05) is 32.4 Å². The number of pyridine rings is 1. The summed E-state index contributed by atoms with van der Waals surface area (Å²) in [7, 11) is 1.78. The van der Waals surface area contributed by atoms with E-state index in [0.29, 0.717) is 12.1 Å². The minimum atomic E-state index is 0.353. The molecular formula is C15H25N3O. The number of rotatable bonds is 6. The maximum Gasteiger partial charge on any atom is 0.128 e. The van der Waals surface area contributed by atoms with Gasteiger partial charge in [0.25, 0.3) is 0 Å². The summed E-state index contributed by atoms with van der Waals surface area (Å²) in [6.45, 7) is 7.40. The molecule has 0 bridgehead atoms. The Hall–Kier alpha value is -1.13. The van der Waals surface area contributed by atoms with Gasteiger partial charge in [-0.05, 0) is 37.9 Å². The van der Waals surface area contributed by atoms with Crippen molar-refractivity contribution in [1.29, 1.82) is 0 Å². The van der Waals surface area contributed by atoms with Crippen LogP contribution in [0.4, 0.5) is 5.82 Å². The third kappa shape index (κ3) is 3.67. The van der Waals surface area contributed by atoms with E-state index < -0.39 is 0 Å². The van der Waals surface area contributed by atoms with Gasteiger partial charge in [0.15, 0.2) is 0 Å². The number of aromatic nitrogens is 1. The van der Waals surface area contributed by atoms with E-state index in [-0.39, 0.29) is 0 Å². The van der Waals surface area contributed by atoms with Crippen molar-refractivity contribution in [2.75, 3.05) is 31.6 Å². The second-order valence-corrected chi connectivity index (χ2v) is 5.22. The molecule has 1 aromatic rings. The van der Waals surface area contributed by atoms with Crippen LogP contribution in [0.15, 0.2) is 18.3 Å². The molecule has 1 fully saturated rings. The van der Waals surface area contributed by atoms with Crippen molar-refractivity contribution < 1.29 is 4.74 Å². The van der Waals surface area contributed by atoms with Gasteiger partial charge in [0.1, 0.15) is 5.82 Å². The zero-order valence-electron chi connectivity index (χ0n) is 12.2. The lowest BCUT2D eigenvalue weighted by Gasteiger charge is -2.19. The normalized spacial score (nSPS) is 20.8. The van der Waals surface area contributed by atoms with E-state index in [1.807, 2.05) is 6.20 Å². The van der Waals surface area contributed by atoms with Crippen LogP contribution in [0, 0.1) is 0 Å². The van der Waals surface area contributed by atoms with Crippen LogP contribution in [0.1, 0.15) is 38.3 Å². The number of hydrogen-bond acceptors (Lipinski definition) is 4. The summed E-state index contributed by atoms with van der Waals surface area (Å²) in [5, 5.41) is 3.48. The second kappa shape index (κ2) is 6.87. The summed E-state index contributed by atoms with van der Waals surface area (Å²) < 4.78 is 5.39. The fraction of sp³-hybridized carbons (Fsp3) is 0.667. The molecule has 1 aliphatic heterocycles. The van der Waals surface area contributed by atoms with E-state index in [1.165, 1.54) is 5.56 Å².